The average Bonchev–Trinajstić information content (AvgIpc) is 3.28. The highest BCUT2D eigenvalue weighted by molar-refractivity contribution is 5.46. The van der Waals surface area contributed by atoms with E-state index in [1.807, 2.05) is 0 Å². The SMILES string of the molecule is CNc1nc(NC2(CO)CC2)nc(N2CCCCC2)n1. The fraction of sp³-hybridized carbons (Fsp3) is 0.769. The molecule has 3 rings (SSSR count). The topological polar surface area (TPSA) is 86.2 Å². The fourth-order valence-electron chi connectivity index (χ4n) is 2.48. The van der Waals surface area contributed by atoms with Crippen LogP contribution in [0.1, 0.15) is 32.1 Å². The maximum Gasteiger partial charge on any atom is 0.231 e. The second-order valence-electron chi connectivity index (χ2n) is 5.64. The van der Waals surface area contributed by atoms with Crippen LogP contribution in [0.15, 0.2) is 0 Å². The number of rotatable bonds is 5. The lowest BCUT2D eigenvalue weighted by Gasteiger charge is -2.27. The Morgan fingerprint density at radius 2 is 1.80 bits per heavy atom. The summed E-state index contributed by atoms with van der Waals surface area (Å²) in [6.07, 6.45) is 5.57. The number of hydrogen-bond acceptors (Lipinski definition) is 7. The number of nitrogens with one attached hydrogen (secondary N) is 2. The summed E-state index contributed by atoms with van der Waals surface area (Å²) in [5.74, 6) is 1.84. The third-order valence-corrected chi connectivity index (χ3v) is 4.02. The standard InChI is InChI=1S/C13H22N6O/c1-14-10-15-11(18-13(9-20)5-6-13)17-12(16-10)19-7-3-2-4-8-19/h20H,2-9H2,1H3,(H2,14,15,16,17,18). The van der Waals surface area contributed by atoms with Crippen LogP contribution in [0.5, 0.6) is 0 Å². The third-order valence-electron chi connectivity index (χ3n) is 4.02. The Hall–Kier alpha value is -1.63. The van der Waals surface area contributed by atoms with Crippen molar-refractivity contribution in [1.82, 2.24) is 15.0 Å². The van der Waals surface area contributed by atoms with Gasteiger partial charge >= 0.3 is 0 Å². The summed E-state index contributed by atoms with van der Waals surface area (Å²) in [4.78, 5) is 15.5. The van der Waals surface area contributed by atoms with Gasteiger partial charge in [0.25, 0.3) is 0 Å². The lowest BCUT2D eigenvalue weighted by Crippen LogP contribution is -2.32. The van der Waals surface area contributed by atoms with E-state index in [0.29, 0.717) is 11.9 Å². The van der Waals surface area contributed by atoms with Gasteiger partial charge in [-0.05, 0) is 32.1 Å². The van der Waals surface area contributed by atoms with Gasteiger partial charge in [0.1, 0.15) is 0 Å². The van der Waals surface area contributed by atoms with Crippen molar-refractivity contribution in [3.8, 4) is 0 Å². The molecule has 110 valence electrons. The Balaban J connectivity index is 1.82. The Bertz CT molecular complexity index is 470. The van der Waals surface area contributed by atoms with Crippen LogP contribution < -0.4 is 15.5 Å². The van der Waals surface area contributed by atoms with Gasteiger partial charge < -0.3 is 20.6 Å². The van der Waals surface area contributed by atoms with Gasteiger partial charge in [0.2, 0.25) is 17.8 Å². The van der Waals surface area contributed by atoms with Gasteiger partial charge in [-0.1, -0.05) is 0 Å². The summed E-state index contributed by atoms with van der Waals surface area (Å²) in [5, 5.41) is 15.6. The van der Waals surface area contributed by atoms with Gasteiger partial charge in [0.15, 0.2) is 0 Å². The van der Waals surface area contributed by atoms with Crippen LogP contribution >= 0.6 is 0 Å². The van der Waals surface area contributed by atoms with E-state index in [9.17, 15) is 5.11 Å². The van der Waals surface area contributed by atoms with E-state index >= 15 is 0 Å². The molecule has 0 atom stereocenters. The molecule has 1 saturated heterocycles. The van der Waals surface area contributed by atoms with Gasteiger partial charge in [-0.15, -0.1) is 0 Å². The molecule has 0 amide bonds. The predicted molar refractivity (Wildman–Crippen MR) is 78.1 cm³/mol. The summed E-state index contributed by atoms with van der Waals surface area (Å²) < 4.78 is 0. The zero-order valence-electron chi connectivity index (χ0n) is 11.9. The van der Waals surface area contributed by atoms with Crippen LogP contribution in [0, 0.1) is 0 Å². The molecule has 1 saturated carbocycles. The second-order valence-corrected chi connectivity index (χ2v) is 5.64. The summed E-state index contributed by atoms with van der Waals surface area (Å²) in [6.45, 7) is 2.11. The van der Waals surface area contributed by atoms with Crippen molar-refractivity contribution in [3.05, 3.63) is 0 Å². The molecule has 1 aliphatic carbocycles. The van der Waals surface area contributed by atoms with Crippen molar-refractivity contribution in [3.63, 3.8) is 0 Å². The summed E-state index contributed by atoms with van der Waals surface area (Å²) in [5.41, 5.74) is -0.217. The summed E-state index contributed by atoms with van der Waals surface area (Å²) >= 11 is 0. The molecule has 3 N–H and O–H groups in total. The van der Waals surface area contributed by atoms with Crippen molar-refractivity contribution < 1.29 is 5.11 Å². The fourth-order valence-corrected chi connectivity index (χ4v) is 2.48. The molecule has 0 unspecified atom stereocenters. The summed E-state index contributed by atoms with van der Waals surface area (Å²) in [6, 6.07) is 0. The van der Waals surface area contributed by atoms with E-state index in [1.54, 1.807) is 7.05 Å². The van der Waals surface area contributed by atoms with Crippen LogP contribution in [0.25, 0.3) is 0 Å². The molecule has 2 fully saturated rings. The van der Waals surface area contributed by atoms with Crippen molar-refractivity contribution in [2.45, 2.75) is 37.6 Å². The van der Waals surface area contributed by atoms with E-state index in [1.165, 1.54) is 19.3 Å². The summed E-state index contributed by atoms with van der Waals surface area (Å²) in [7, 11) is 1.80. The van der Waals surface area contributed by atoms with Crippen LogP contribution in [-0.4, -0.2) is 52.3 Å². The van der Waals surface area contributed by atoms with Crippen LogP contribution in [0.3, 0.4) is 0 Å². The molecule has 7 nitrogen and oxygen atoms in total. The largest absolute Gasteiger partial charge is 0.394 e. The highest BCUT2D eigenvalue weighted by atomic mass is 16.3. The number of aromatic nitrogens is 3. The maximum absolute atomic E-state index is 9.40. The first kappa shape index (κ1) is 13.4. The highest BCUT2D eigenvalue weighted by Gasteiger charge is 2.43. The molecule has 1 aliphatic heterocycles. The minimum absolute atomic E-state index is 0.118. The highest BCUT2D eigenvalue weighted by Crippen LogP contribution is 2.37. The molecule has 2 heterocycles. The van der Waals surface area contributed by atoms with E-state index in [0.717, 1.165) is 31.9 Å². The normalized spacial score (nSPS) is 20.6. The van der Waals surface area contributed by atoms with Crippen LogP contribution in [0.4, 0.5) is 17.8 Å². The van der Waals surface area contributed by atoms with Crippen molar-refractivity contribution >= 4 is 17.8 Å². The van der Waals surface area contributed by atoms with E-state index in [-0.39, 0.29) is 12.1 Å². The smallest absolute Gasteiger partial charge is 0.231 e. The zero-order chi connectivity index (χ0) is 14.0. The monoisotopic (exact) mass is 278 g/mol. The minimum Gasteiger partial charge on any atom is -0.394 e. The Morgan fingerprint density at radius 1 is 1.10 bits per heavy atom. The van der Waals surface area contributed by atoms with Gasteiger partial charge in [-0.25, -0.2) is 0 Å². The van der Waals surface area contributed by atoms with E-state index < -0.39 is 0 Å². The zero-order valence-corrected chi connectivity index (χ0v) is 11.9. The van der Waals surface area contributed by atoms with Gasteiger partial charge in [0, 0.05) is 20.1 Å². The predicted octanol–water partition coefficient (Wildman–Crippen LogP) is 0.840. The minimum atomic E-state index is -0.217. The number of aliphatic hydroxyl groups is 1. The first-order valence-corrected chi connectivity index (χ1v) is 7.32. The number of aliphatic hydroxyl groups excluding tert-OH is 1. The second kappa shape index (κ2) is 5.40. The molecule has 20 heavy (non-hydrogen) atoms. The van der Waals surface area contributed by atoms with Crippen molar-refractivity contribution in [2.75, 3.05) is 42.3 Å². The average molecular weight is 278 g/mol. The molecule has 0 aromatic carbocycles. The Kier molecular flexibility index (Phi) is 3.60. The lowest BCUT2D eigenvalue weighted by atomic mass is 10.1. The molecular weight excluding hydrogens is 256 g/mol. The van der Waals surface area contributed by atoms with Crippen molar-refractivity contribution in [1.29, 1.82) is 0 Å². The molecule has 1 aromatic heterocycles. The molecule has 2 aliphatic rings. The van der Waals surface area contributed by atoms with Crippen molar-refractivity contribution in [2.24, 2.45) is 0 Å². The molecule has 1 aromatic rings. The quantitative estimate of drug-likeness (QED) is 0.735. The van der Waals surface area contributed by atoms with Gasteiger partial charge in [-0.3, -0.25) is 0 Å². The number of anilines is 3. The molecule has 0 spiro atoms. The number of hydrogen-bond donors (Lipinski definition) is 3. The number of piperidine rings is 1. The first-order valence-electron chi connectivity index (χ1n) is 7.32. The van der Waals surface area contributed by atoms with Crippen LogP contribution in [-0.2, 0) is 0 Å². The molecule has 0 radical (unpaired) electrons. The number of nitrogens with zero attached hydrogens (tertiary/aromatic N) is 4. The third kappa shape index (κ3) is 2.77. The Morgan fingerprint density at radius 3 is 2.40 bits per heavy atom. The van der Waals surface area contributed by atoms with Gasteiger partial charge in [-0.2, -0.15) is 15.0 Å². The molecule has 7 heteroatoms. The first-order chi connectivity index (χ1) is 9.74. The van der Waals surface area contributed by atoms with Gasteiger partial charge in [0.05, 0.1) is 12.1 Å². The molecule has 0 bridgehead atoms. The lowest BCUT2D eigenvalue weighted by molar-refractivity contribution is 0.265. The Labute approximate surface area is 118 Å². The van der Waals surface area contributed by atoms with Crippen LogP contribution in [0.2, 0.25) is 0 Å². The van der Waals surface area contributed by atoms with E-state index in [2.05, 4.69) is 30.5 Å². The molecular formula is C13H22N6O. The maximum atomic E-state index is 9.40. The van der Waals surface area contributed by atoms with E-state index in [4.69, 9.17) is 0 Å².